The number of furan rings is 1. The lowest BCUT2D eigenvalue weighted by molar-refractivity contribution is 0.414. The maximum absolute atomic E-state index is 13.4. The molecule has 5 rings (SSSR count). The number of hydrogen-bond donors (Lipinski definition) is 1. The predicted molar refractivity (Wildman–Crippen MR) is 125 cm³/mol. The molecule has 0 aliphatic carbocycles. The van der Waals surface area contributed by atoms with Crippen LogP contribution in [0.25, 0.3) is 11.3 Å². The minimum Gasteiger partial charge on any atom is -0.497 e. The number of hydrogen-bond acceptors (Lipinski definition) is 4. The maximum Gasteiger partial charge on any atom is 0.174 e. The summed E-state index contributed by atoms with van der Waals surface area (Å²) in [5, 5.41) is 3.97. The second kappa shape index (κ2) is 8.43. The normalized spacial score (nSPS) is 17.9. The van der Waals surface area contributed by atoms with Crippen molar-refractivity contribution in [1.29, 1.82) is 0 Å². The van der Waals surface area contributed by atoms with Gasteiger partial charge in [0.25, 0.3) is 0 Å². The van der Waals surface area contributed by atoms with Crippen molar-refractivity contribution in [2.75, 3.05) is 12.0 Å². The fourth-order valence-electron chi connectivity index (χ4n) is 3.96. The van der Waals surface area contributed by atoms with E-state index in [4.69, 9.17) is 21.4 Å². The number of ether oxygens (including phenoxy) is 1. The molecule has 0 unspecified atom stereocenters. The van der Waals surface area contributed by atoms with Gasteiger partial charge < -0.3 is 19.4 Å². The molecule has 0 saturated carbocycles. The molecule has 2 atom stereocenters. The molecule has 160 valence electrons. The SMILES string of the molecule is COc1cccc(N2C(=S)N[C@H](c3ccccn3)[C@H]2c2ccc(-c3ccc(F)cc3)o2)c1. The first-order chi connectivity index (χ1) is 15.6. The minimum absolute atomic E-state index is 0.220. The Hall–Kier alpha value is -3.71. The van der Waals surface area contributed by atoms with Crippen molar-refractivity contribution in [2.24, 2.45) is 0 Å². The summed E-state index contributed by atoms with van der Waals surface area (Å²) in [5.74, 6) is 1.82. The molecular formula is C25H20FN3O2S. The van der Waals surface area contributed by atoms with Gasteiger partial charge in [-0.1, -0.05) is 12.1 Å². The number of halogens is 1. The lowest BCUT2D eigenvalue weighted by Gasteiger charge is -2.26. The van der Waals surface area contributed by atoms with Gasteiger partial charge in [0.05, 0.1) is 18.8 Å². The summed E-state index contributed by atoms with van der Waals surface area (Å²) in [6, 6.07) is 23.1. The minimum atomic E-state index is -0.287. The Morgan fingerprint density at radius 1 is 1.03 bits per heavy atom. The van der Waals surface area contributed by atoms with E-state index in [1.54, 1.807) is 25.4 Å². The number of benzene rings is 2. The molecule has 5 nitrogen and oxygen atoms in total. The summed E-state index contributed by atoms with van der Waals surface area (Å²) in [6.07, 6.45) is 1.76. The summed E-state index contributed by atoms with van der Waals surface area (Å²) in [7, 11) is 1.63. The van der Waals surface area contributed by atoms with Gasteiger partial charge in [-0.3, -0.25) is 4.98 Å². The molecular weight excluding hydrogens is 425 g/mol. The number of methoxy groups -OCH3 is 1. The van der Waals surface area contributed by atoms with Crippen LogP contribution in [0.2, 0.25) is 0 Å². The Morgan fingerprint density at radius 3 is 2.62 bits per heavy atom. The van der Waals surface area contributed by atoms with Crippen molar-refractivity contribution >= 4 is 23.0 Å². The van der Waals surface area contributed by atoms with Gasteiger partial charge in [-0.25, -0.2) is 4.39 Å². The lowest BCUT2D eigenvalue weighted by Crippen LogP contribution is -2.29. The van der Waals surface area contributed by atoms with Crippen LogP contribution in [0.3, 0.4) is 0 Å². The molecule has 0 bridgehead atoms. The first-order valence-corrected chi connectivity index (χ1v) is 10.6. The van der Waals surface area contributed by atoms with E-state index >= 15 is 0 Å². The molecule has 0 spiro atoms. The fraction of sp³-hybridized carbons (Fsp3) is 0.120. The third-order valence-corrected chi connectivity index (χ3v) is 5.79. The molecule has 1 aliphatic rings. The van der Waals surface area contributed by atoms with Crippen LogP contribution in [0.15, 0.2) is 89.5 Å². The van der Waals surface area contributed by atoms with E-state index in [9.17, 15) is 4.39 Å². The van der Waals surface area contributed by atoms with E-state index < -0.39 is 0 Å². The van der Waals surface area contributed by atoms with E-state index in [2.05, 4.69) is 10.3 Å². The number of nitrogens with zero attached hydrogens (tertiary/aromatic N) is 2. The molecule has 2 aromatic carbocycles. The van der Waals surface area contributed by atoms with Crippen molar-refractivity contribution in [3.63, 3.8) is 0 Å². The first kappa shape index (κ1) is 20.2. The van der Waals surface area contributed by atoms with Gasteiger partial charge in [-0.05, 0) is 72.9 Å². The van der Waals surface area contributed by atoms with E-state index in [0.29, 0.717) is 10.9 Å². The highest BCUT2D eigenvalue weighted by Crippen LogP contribution is 2.43. The van der Waals surface area contributed by atoms with Crippen molar-refractivity contribution < 1.29 is 13.5 Å². The molecule has 32 heavy (non-hydrogen) atoms. The van der Waals surface area contributed by atoms with E-state index in [0.717, 1.165) is 28.5 Å². The largest absolute Gasteiger partial charge is 0.497 e. The molecule has 1 aliphatic heterocycles. The number of anilines is 1. The predicted octanol–water partition coefficient (Wildman–Crippen LogP) is 5.67. The van der Waals surface area contributed by atoms with Crippen molar-refractivity contribution in [2.45, 2.75) is 12.1 Å². The van der Waals surface area contributed by atoms with E-state index in [1.807, 2.05) is 59.5 Å². The Morgan fingerprint density at radius 2 is 1.88 bits per heavy atom. The fourth-order valence-corrected chi connectivity index (χ4v) is 4.31. The van der Waals surface area contributed by atoms with Crippen LogP contribution in [-0.2, 0) is 0 Å². The van der Waals surface area contributed by atoms with Crippen molar-refractivity contribution in [1.82, 2.24) is 10.3 Å². The van der Waals surface area contributed by atoms with Gasteiger partial charge in [0, 0.05) is 23.5 Å². The van der Waals surface area contributed by atoms with Crippen molar-refractivity contribution in [3.8, 4) is 17.1 Å². The van der Waals surface area contributed by atoms with Crippen LogP contribution >= 0.6 is 12.2 Å². The van der Waals surface area contributed by atoms with Crippen molar-refractivity contribution in [3.05, 3.63) is 102 Å². The Kier molecular flexibility index (Phi) is 5.33. The molecule has 0 radical (unpaired) electrons. The zero-order valence-corrected chi connectivity index (χ0v) is 18.1. The summed E-state index contributed by atoms with van der Waals surface area (Å²) < 4.78 is 25.1. The summed E-state index contributed by atoms with van der Waals surface area (Å²) >= 11 is 5.73. The number of pyridine rings is 1. The second-order valence-corrected chi connectivity index (χ2v) is 7.79. The average Bonchev–Trinajstić information content (AvgIpc) is 3.45. The Labute approximate surface area is 190 Å². The molecule has 1 N–H and O–H groups in total. The molecule has 7 heteroatoms. The summed E-state index contributed by atoms with van der Waals surface area (Å²) in [4.78, 5) is 6.57. The topological polar surface area (TPSA) is 50.5 Å². The third-order valence-electron chi connectivity index (χ3n) is 5.48. The van der Waals surface area contributed by atoms with Gasteiger partial charge in [0.1, 0.15) is 29.1 Å². The van der Waals surface area contributed by atoms with E-state index in [1.165, 1.54) is 12.1 Å². The zero-order chi connectivity index (χ0) is 22.1. The van der Waals surface area contributed by atoms with Crippen LogP contribution in [-0.4, -0.2) is 17.2 Å². The second-order valence-electron chi connectivity index (χ2n) is 7.41. The summed E-state index contributed by atoms with van der Waals surface area (Å²) in [5.41, 5.74) is 2.53. The van der Waals surface area contributed by atoms with Crippen LogP contribution in [0.1, 0.15) is 23.5 Å². The molecule has 1 fully saturated rings. The van der Waals surface area contributed by atoms with E-state index in [-0.39, 0.29) is 17.9 Å². The van der Waals surface area contributed by atoms with Crippen LogP contribution in [0.5, 0.6) is 5.75 Å². The average molecular weight is 446 g/mol. The number of nitrogens with one attached hydrogen (secondary N) is 1. The molecule has 3 heterocycles. The first-order valence-electron chi connectivity index (χ1n) is 10.1. The number of aromatic nitrogens is 1. The Bertz CT molecular complexity index is 1240. The smallest absolute Gasteiger partial charge is 0.174 e. The van der Waals surface area contributed by atoms with Crippen LogP contribution in [0, 0.1) is 5.82 Å². The Balaban J connectivity index is 1.59. The monoisotopic (exact) mass is 445 g/mol. The van der Waals surface area contributed by atoms with Gasteiger partial charge in [-0.15, -0.1) is 0 Å². The molecule has 2 aromatic heterocycles. The lowest BCUT2D eigenvalue weighted by atomic mass is 10.0. The number of rotatable bonds is 5. The van der Waals surface area contributed by atoms with Gasteiger partial charge in [0.2, 0.25) is 0 Å². The molecule has 0 amide bonds. The van der Waals surface area contributed by atoms with Gasteiger partial charge in [0.15, 0.2) is 5.11 Å². The third kappa shape index (κ3) is 3.71. The molecule has 4 aromatic rings. The summed E-state index contributed by atoms with van der Waals surface area (Å²) in [6.45, 7) is 0. The van der Waals surface area contributed by atoms with Gasteiger partial charge in [-0.2, -0.15) is 0 Å². The van der Waals surface area contributed by atoms with Gasteiger partial charge >= 0.3 is 0 Å². The maximum atomic E-state index is 13.4. The standard InChI is InChI=1S/C25H20FN3O2S/c1-30-19-6-4-5-18(15-19)29-24(23(28-25(29)32)20-7-2-3-14-27-20)22-13-12-21(31-22)16-8-10-17(26)11-9-16/h2-15,23-24H,1H3,(H,28,32)/t23-,24-/m1/s1. The van der Waals surface area contributed by atoms with Crippen LogP contribution < -0.4 is 15.0 Å². The molecule has 1 saturated heterocycles. The highest BCUT2D eigenvalue weighted by atomic mass is 32.1. The quantitative estimate of drug-likeness (QED) is 0.400. The zero-order valence-electron chi connectivity index (χ0n) is 17.2. The highest BCUT2D eigenvalue weighted by Gasteiger charge is 2.42. The highest BCUT2D eigenvalue weighted by molar-refractivity contribution is 7.80. The van der Waals surface area contributed by atoms with Crippen LogP contribution in [0.4, 0.5) is 10.1 Å². The number of thiocarbonyl (C=S) groups is 1.